The number of hydrogen-bond donors (Lipinski definition) is 2. The summed E-state index contributed by atoms with van der Waals surface area (Å²) in [6, 6.07) is 21.9. The normalized spacial score (nSPS) is 14.1. The summed E-state index contributed by atoms with van der Waals surface area (Å²) in [5.41, 5.74) is 2.68. The SMILES string of the molecule is O=C(Nc1cc(N2CCN(c3ccccc3)CC2)ncn1)c1cc2ccccc2[nH]1. The lowest BCUT2D eigenvalue weighted by Crippen LogP contribution is -2.46. The molecule has 0 radical (unpaired) electrons. The van der Waals surface area contributed by atoms with E-state index in [2.05, 4.69) is 54.3 Å². The van der Waals surface area contributed by atoms with Crippen LogP contribution in [0.1, 0.15) is 10.5 Å². The number of carbonyl (C=O) groups is 1. The first kappa shape index (κ1) is 18.2. The lowest BCUT2D eigenvalue weighted by molar-refractivity contribution is 0.102. The molecule has 2 N–H and O–H groups in total. The molecular weight excluding hydrogens is 376 g/mol. The van der Waals surface area contributed by atoms with E-state index in [0.717, 1.165) is 42.9 Å². The van der Waals surface area contributed by atoms with E-state index in [4.69, 9.17) is 0 Å². The quantitative estimate of drug-likeness (QED) is 0.550. The van der Waals surface area contributed by atoms with Crippen LogP contribution < -0.4 is 15.1 Å². The fraction of sp³-hybridized carbons (Fsp3) is 0.174. The van der Waals surface area contributed by atoms with Gasteiger partial charge in [0, 0.05) is 48.8 Å². The first-order chi connectivity index (χ1) is 14.8. The molecule has 5 rings (SSSR count). The zero-order valence-corrected chi connectivity index (χ0v) is 16.5. The Morgan fingerprint density at radius 3 is 2.40 bits per heavy atom. The fourth-order valence-electron chi connectivity index (χ4n) is 3.80. The second-order valence-electron chi connectivity index (χ2n) is 7.30. The largest absolute Gasteiger partial charge is 0.368 e. The van der Waals surface area contributed by atoms with Crippen molar-refractivity contribution in [2.24, 2.45) is 0 Å². The molecule has 1 amide bonds. The van der Waals surface area contributed by atoms with Gasteiger partial charge in [-0.15, -0.1) is 0 Å². The highest BCUT2D eigenvalue weighted by atomic mass is 16.1. The van der Waals surface area contributed by atoms with Crippen molar-refractivity contribution < 1.29 is 4.79 Å². The molecule has 7 nitrogen and oxygen atoms in total. The maximum Gasteiger partial charge on any atom is 0.273 e. The number of piperazine rings is 1. The number of amides is 1. The average molecular weight is 398 g/mol. The summed E-state index contributed by atoms with van der Waals surface area (Å²) < 4.78 is 0. The molecule has 3 heterocycles. The summed E-state index contributed by atoms with van der Waals surface area (Å²) in [6.07, 6.45) is 1.50. The van der Waals surface area contributed by atoms with Gasteiger partial charge in [0.2, 0.25) is 0 Å². The van der Waals surface area contributed by atoms with Gasteiger partial charge in [0.1, 0.15) is 23.7 Å². The Morgan fingerprint density at radius 1 is 0.867 bits per heavy atom. The molecule has 0 bridgehead atoms. The maximum absolute atomic E-state index is 12.6. The van der Waals surface area contributed by atoms with Crippen LogP contribution in [0.2, 0.25) is 0 Å². The minimum atomic E-state index is -0.218. The van der Waals surface area contributed by atoms with Gasteiger partial charge in [-0.3, -0.25) is 4.79 Å². The predicted molar refractivity (Wildman–Crippen MR) is 119 cm³/mol. The molecular formula is C23H22N6O. The van der Waals surface area contributed by atoms with Crippen molar-refractivity contribution in [3.63, 3.8) is 0 Å². The van der Waals surface area contributed by atoms with E-state index in [9.17, 15) is 4.79 Å². The molecule has 2 aromatic heterocycles. The van der Waals surface area contributed by atoms with E-state index in [1.54, 1.807) is 0 Å². The van der Waals surface area contributed by atoms with E-state index in [1.165, 1.54) is 12.0 Å². The van der Waals surface area contributed by atoms with Crippen LogP contribution in [0.5, 0.6) is 0 Å². The number of hydrogen-bond acceptors (Lipinski definition) is 5. The number of rotatable bonds is 4. The summed E-state index contributed by atoms with van der Waals surface area (Å²) in [4.78, 5) is 29.0. The second kappa shape index (κ2) is 7.87. The summed E-state index contributed by atoms with van der Waals surface area (Å²) in [6.45, 7) is 3.57. The number of H-pyrrole nitrogens is 1. The van der Waals surface area contributed by atoms with E-state index >= 15 is 0 Å². The van der Waals surface area contributed by atoms with Crippen LogP contribution in [0.3, 0.4) is 0 Å². The number of carbonyl (C=O) groups excluding carboxylic acids is 1. The first-order valence-corrected chi connectivity index (χ1v) is 10.0. The van der Waals surface area contributed by atoms with Crippen molar-refractivity contribution in [1.29, 1.82) is 0 Å². The minimum absolute atomic E-state index is 0.218. The van der Waals surface area contributed by atoms with Gasteiger partial charge in [0.05, 0.1) is 0 Å². The number of anilines is 3. The molecule has 2 aromatic carbocycles. The van der Waals surface area contributed by atoms with Gasteiger partial charge in [0.15, 0.2) is 0 Å². The number of benzene rings is 2. The van der Waals surface area contributed by atoms with Gasteiger partial charge in [-0.05, 0) is 24.3 Å². The highest BCUT2D eigenvalue weighted by Crippen LogP contribution is 2.21. The molecule has 0 aliphatic carbocycles. The molecule has 0 unspecified atom stereocenters. The standard InChI is InChI=1S/C23H22N6O/c30-23(20-14-17-6-4-5-9-19(17)26-20)27-21-15-22(25-16-24-21)29-12-10-28(11-13-29)18-7-2-1-3-8-18/h1-9,14-16,26H,10-13H2,(H,24,25,27,30). The van der Waals surface area contributed by atoms with Gasteiger partial charge in [-0.25, -0.2) is 9.97 Å². The lowest BCUT2D eigenvalue weighted by atomic mass is 10.2. The molecule has 1 aliphatic rings. The van der Waals surface area contributed by atoms with Crippen LogP contribution in [0.25, 0.3) is 10.9 Å². The van der Waals surface area contributed by atoms with Gasteiger partial charge in [-0.1, -0.05) is 36.4 Å². The molecule has 7 heteroatoms. The monoisotopic (exact) mass is 398 g/mol. The molecule has 150 valence electrons. The smallest absolute Gasteiger partial charge is 0.273 e. The zero-order chi connectivity index (χ0) is 20.3. The molecule has 0 atom stereocenters. The lowest BCUT2D eigenvalue weighted by Gasteiger charge is -2.36. The number of para-hydroxylation sites is 2. The number of aromatic nitrogens is 3. The number of nitrogens with zero attached hydrogens (tertiary/aromatic N) is 4. The van der Waals surface area contributed by atoms with Crippen LogP contribution in [-0.2, 0) is 0 Å². The Labute approximate surface area is 174 Å². The number of fused-ring (bicyclic) bond motifs is 1. The van der Waals surface area contributed by atoms with Crippen molar-refractivity contribution in [3.05, 3.63) is 78.8 Å². The van der Waals surface area contributed by atoms with Gasteiger partial charge in [-0.2, -0.15) is 0 Å². The third kappa shape index (κ3) is 3.69. The predicted octanol–water partition coefficient (Wildman–Crippen LogP) is 3.54. The van der Waals surface area contributed by atoms with Crippen LogP contribution >= 0.6 is 0 Å². The molecule has 1 saturated heterocycles. The molecule has 0 spiro atoms. The van der Waals surface area contributed by atoms with Crippen molar-refractivity contribution in [1.82, 2.24) is 15.0 Å². The Hall–Kier alpha value is -3.87. The van der Waals surface area contributed by atoms with Crippen LogP contribution in [0.15, 0.2) is 73.1 Å². The molecule has 0 saturated carbocycles. The maximum atomic E-state index is 12.6. The molecule has 4 aromatic rings. The van der Waals surface area contributed by atoms with Crippen molar-refractivity contribution >= 4 is 34.1 Å². The topological polar surface area (TPSA) is 77.2 Å². The summed E-state index contributed by atoms with van der Waals surface area (Å²) in [5.74, 6) is 1.10. The van der Waals surface area contributed by atoms with Gasteiger partial charge in [0.25, 0.3) is 5.91 Å². The third-order valence-corrected chi connectivity index (χ3v) is 5.39. The minimum Gasteiger partial charge on any atom is -0.368 e. The number of nitrogens with one attached hydrogen (secondary N) is 2. The third-order valence-electron chi connectivity index (χ3n) is 5.39. The van der Waals surface area contributed by atoms with Crippen LogP contribution in [0.4, 0.5) is 17.3 Å². The second-order valence-corrected chi connectivity index (χ2v) is 7.30. The van der Waals surface area contributed by atoms with Gasteiger partial charge < -0.3 is 20.1 Å². The highest BCUT2D eigenvalue weighted by molar-refractivity contribution is 6.05. The van der Waals surface area contributed by atoms with Gasteiger partial charge >= 0.3 is 0 Å². The van der Waals surface area contributed by atoms with E-state index in [0.29, 0.717) is 11.5 Å². The summed E-state index contributed by atoms with van der Waals surface area (Å²) in [5, 5.41) is 3.88. The van der Waals surface area contributed by atoms with E-state index < -0.39 is 0 Å². The Morgan fingerprint density at radius 2 is 1.60 bits per heavy atom. The number of aromatic amines is 1. The highest BCUT2D eigenvalue weighted by Gasteiger charge is 2.19. The molecule has 30 heavy (non-hydrogen) atoms. The van der Waals surface area contributed by atoms with E-state index in [1.807, 2.05) is 42.5 Å². The first-order valence-electron chi connectivity index (χ1n) is 10.0. The van der Waals surface area contributed by atoms with E-state index in [-0.39, 0.29) is 5.91 Å². The molecule has 1 fully saturated rings. The Kier molecular flexibility index (Phi) is 4.77. The van der Waals surface area contributed by atoms with Crippen LogP contribution in [0, 0.1) is 0 Å². The summed E-state index contributed by atoms with van der Waals surface area (Å²) >= 11 is 0. The van der Waals surface area contributed by atoms with Crippen LogP contribution in [-0.4, -0.2) is 47.0 Å². The average Bonchev–Trinajstić information content (AvgIpc) is 3.25. The Balaban J connectivity index is 1.26. The van der Waals surface area contributed by atoms with Crippen molar-refractivity contribution in [2.75, 3.05) is 41.3 Å². The fourth-order valence-corrected chi connectivity index (χ4v) is 3.80. The molecule has 1 aliphatic heterocycles. The summed E-state index contributed by atoms with van der Waals surface area (Å²) in [7, 11) is 0. The van der Waals surface area contributed by atoms with Crippen molar-refractivity contribution in [2.45, 2.75) is 0 Å². The van der Waals surface area contributed by atoms with Crippen molar-refractivity contribution in [3.8, 4) is 0 Å². The Bertz CT molecular complexity index is 1130. The zero-order valence-electron chi connectivity index (χ0n) is 16.5.